The number of aromatic nitrogens is 1. The molecule has 0 saturated carbocycles. The van der Waals surface area contributed by atoms with E-state index in [-0.39, 0.29) is 5.91 Å². The largest absolute Gasteiger partial charge is 0.356 e. The van der Waals surface area contributed by atoms with Gasteiger partial charge in [-0.1, -0.05) is 36.4 Å². The summed E-state index contributed by atoms with van der Waals surface area (Å²) in [6.07, 6.45) is 0. The zero-order valence-electron chi connectivity index (χ0n) is 13.8. The molecule has 0 spiro atoms. The number of benzene rings is 3. The Bertz CT molecular complexity index is 1060. The van der Waals surface area contributed by atoms with Crippen LogP contribution in [0.1, 0.15) is 10.5 Å². The van der Waals surface area contributed by atoms with E-state index in [2.05, 4.69) is 31.5 Å². The van der Waals surface area contributed by atoms with E-state index >= 15 is 0 Å². The molecule has 0 bridgehead atoms. The maximum Gasteiger partial charge on any atom is 0.273 e. The Morgan fingerprint density at radius 3 is 2.12 bits per heavy atom. The van der Waals surface area contributed by atoms with Gasteiger partial charge in [0.1, 0.15) is 5.69 Å². The average molecular weight is 406 g/mol. The molecule has 5 heteroatoms. The average Bonchev–Trinajstić information content (AvgIpc) is 3.01. The van der Waals surface area contributed by atoms with Crippen molar-refractivity contribution in [1.29, 1.82) is 0 Å². The van der Waals surface area contributed by atoms with Gasteiger partial charge in [-0.05, 0) is 58.4 Å². The number of fused-ring (bicyclic) bond motifs is 1. The van der Waals surface area contributed by atoms with Gasteiger partial charge in [-0.2, -0.15) is 0 Å². The van der Waals surface area contributed by atoms with Gasteiger partial charge in [-0.15, -0.1) is 0 Å². The molecule has 4 rings (SSSR count). The molecule has 0 aliphatic rings. The summed E-state index contributed by atoms with van der Waals surface area (Å²) >= 11 is 3.51. The second kappa shape index (κ2) is 7.06. The van der Waals surface area contributed by atoms with Crippen LogP contribution in [0.15, 0.2) is 83.3 Å². The summed E-state index contributed by atoms with van der Waals surface area (Å²) in [7, 11) is 0. The quantitative estimate of drug-likeness (QED) is 0.394. The van der Waals surface area contributed by atoms with E-state index in [0.717, 1.165) is 32.4 Å². The van der Waals surface area contributed by atoms with Gasteiger partial charge in [0.2, 0.25) is 0 Å². The summed E-state index contributed by atoms with van der Waals surface area (Å²) < 4.78 is 0.771. The minimum absolute atomic E-state index is 0.183. The maximum absolute atomic E-state index is 12.6. The number of para-hydroxylation sites is 2. The number of aromatic amines is 1. The lowest BCUT2D eigenvalue weighted by atomic mass is 10.2. The zero-order chi connectivity index (χ0) is 17.9. The van der Waals surface area contributed by atoms with E-state index in [4.69, 9.17) is 0 Å². The Morgan fingerprint density at radius 2 is 1.38 bits per heavy atom. The number of rotatable bonds is 4. The molecule has 0 atom stereocenters. The molecule has 4 aromatic rings. The van der Waals surface area contributed by atoms with Gasteiger partial charge in [0, 0.05) is 28.0 Å². The van der Waals surface area contributed by atoms with Gasteiger partial charge < -0.3 is 15.6 Å². The van der Waals surface area contributed by atoms with Crippen molar-refractivity contribution in [3.05, 3.63) is 89.0 Å². The predicted molar refractivity (Wildman–Crippen MR) is 110 cm³/mol. The van der Waals surface area contributed by atoms with E-state index in [1.807, 2.05) is 78.9 Å². The van der Waals surface area contributed by atoms with Crippen molar-refractivity contribution in [2.75, 3.05) is 10.6 Å². The predicted octanol–water partition coefficient (Wildman–Crippen LogP) is 5.93. The second-order valence-corrected chi connectivity index (χ2v) is 6.68. The van der Waals surface area contributed by atoms with Gasteiger partial charge in [-0.25, -0.2) is 0 Å². The molecule has 0 radical (unpaired) electrons. The van der Waals surface area contributed by atoms with Gasteiger partial charge in [0.25, 0.3) is 5.91 Å². The Kier molecular flexibility index (Phi) is 4.46. The Labute approximate surface area is 159 Å². The fraction of sp³-hybridized carbons (Fsp3) is 0. The lowest BCUT2D eigenvalue weighted by Crippen LogP contribution is -2.12. The van der Waals surface area contributed by atoms with E-state index in [1.165, 1.54) is 0 Å². The number of anilines is 3. The molecule has 26 heavy (non-hydrogen) atoms. The number of hydrogen-bond donors (Lipinski definition) is 3. The number of hydrogen-bond acceptors (Lipinski definition) is 2. The third-order valence-electron chi connectivity index (χ3n) is 4.07. The van der Waals surface area contributed by atoms with E-state index in [1.54, 1.807) is 0 Å². The van der Waals surface area contributed by atoms with Crippen LogP contribution in [-0.4, -0.2) is 10.9 Å². The number of carbonyl (C=O) groups is 1. The number of carbonyl (C=O) groups excluding carboxylic acids is 1. The standard InChI is InChI=1S/C21H16BrN3O/c22-19-17-8-4-5-9-18(17)25-20(19)21(26)24-16-12-10-15(11-13-16)23-14-6-2-1-3-7-14/h1-13,23,25H,(H,24,26). The van der Waals surface area contributed by atoms with Crippen molar-refractivity contribution in [2.24, 2.45) is 0 Å². The van der Waals surface area contributed by atoms with E-state index in [9.17, 15) is 4.79 Å². The van der Waals surface area contributed by atoms with Crippen LogP contribution in [0.2, 0.25) is 0 Å². The molecule has 0 aliphatic heterocycles. The Balaban J connectivity index is 1.49. The molecular formula is C21H16BrN3O. The first-order valence-corrected chi connectivity index (χ1v) is 9.00. The molecule has 4 nitrogen and oxygen atoms in total. The minimum Gasteiger partial charge on any atom is -0.356 e. The molecule has 0 aliphatic carbocycles. The Hall–Kier alpha value is -3.05. The summed E-state index contributed by atoms with van der Waals surface area (Å²) in [5.41, 5.74) is 4.15. The highest BCUT2D eigenvalue weighted by Gasteiger charge is 2.15. The number of H-pyrrole nitrogens is 1. The topological polar surface area (TPSA) is 56.9 Å². The van der Waals surface area contributed by atoms with Crippen molar-refractivity contribution in [2.45, 2.75) is 0 Å². The third kappa shape index (κ3) is 3.34. The van der Waals surface area contributed by atoms with Crippen molar-refractivity contribution >= 4 is 49.8 Å². The van der Waals surface area contributed by atoms with E-state index < -0.39 is 0 Å². The van der Waals surface area contributed by atoms with Gasteiger partial charge >= 0.3 is 0 Å². The molecule has 1 heterocycles. The molecule has 0 saturated heterocycles. The van der Waals surface area contributed by atoms with Crippen LogP contribution in [0.4, 0.5) is 17.1 Å². The van der Waals surface area contributed by atoms with Crippen LogP contribution in [0.5, 0.6) is 0 Å². The van der Waals surface area contributed by atoms with Gasteiger partial charge in [0.15, 0.2) is 0 Å². The van der Waals surface area contributed by atoms with Crippen molar-refractivity contribution in [3.63, 3.8) is 0 Å². The summed E-state index contributed by atoms with van der Waals surface area (Å²) in [4.78, 5) is 15.7. The van der Waals surface area contributed by atoms with Crippen molar-refractivity contribution < 1.29 is 4.79 Å². The maximum atomic E-state index is 12.6. The number of halogens is 1. The van der Waals surface area contributed by atoms with Crippen molar-refractivity contribution in [1.82, 2.24) is 4.98 Å². The first-order valence-electron chi connectivity index (χ1n) is 8.20. The monoisotopic (exact) mass is 405 g/mol. The first-order chi connectivity index (χ1) is 12.7. The molecule has 128 valence electrons. The molecular weight excluding hydrogens is 390 g/mol. The van der Waals surface area contributed by atoms with Crippen LogP contribution in [0.25, 0.3) is 10.9 Å². The SMILES string of the molecule is O=C(Nc1ccc(Nc2ccccc2)cc1)c1[nH]c2ccccc2c1Br. The summed E-state index contributed by atoms with van der Waals surface area (Å²) in [6, 6.07) is 25.4. The van der Waals surface area contributed by atoms with Crippen molar-refractivity contribution in [3.8, 4) is 0 Å². The Morgan fingerprint density at radius 1 is 0.769 bits per heavy atom. The normalized spacial score (nSPS) is 10.7. The number of amides is 1. The lowest BCUT2D eigenvalue weighted by molar-refractivity contribution is 0.102. The van der Waals surface area contributed by atoms with Crippen LogP contribution in [-0.2, 0) is 0 Å². The summed E-state index contributed by atoms with van der Waals surface area (Å²) in [5.74, 6) is -0.183. The fourth-order valence-electron chi connectivity index (χ4n) is 2.78. The highest BCUT2D eigenvalue weighted by Crippen LogP contribution is 2.28. The molecule has 1 amide bonds. The van der Waals surface area contributed by atoms with Crippen LogP contribution < -0.4 is 10.6 Å². The smallest absolute Gasteiger partial charge is 0.273 e. The highest BCUT2D eigenvalue weighted by atomic mass is 79.9. The summed E-state index contributed by atoms with van der Waals surface area (Å²) in [6.45, 7) is 0. The third-order valence-corrected chi connectivity index (χ3v) is 4.90. The molecule has 3 N–H and O–H groups in total. The lowest BCUT2D eigenvalue weighted by Gasteiger charge is -2.08. The highest BCUT2D eigenvalue weighted by molar-refractivity contribution is 9.10. The van der Waals surface area contributed by atoms with Gasteiger partial charge in [-0.3, -0.25) is 4.79 Å². The summed E-state index contributed by atoms with van der Waals surface area (Å²) in [5, 5.41) is 7.23. The molecule has 0 unspecified atom stereocenters. The van der Waals surface area contributed by atoms with Crippen LogP contribution in [0, 0.1) is 0 Å². The fourth-order valence-corrected chi connectivity index (χ4v) is 3.41. The van der Waals surface area contributed by atoms with Crippen LogP contribution >= 0.6 is 15.9 Å². The molecule has 0 fully saturated rings. The minimum atomic E-state index is -0.183. The molecule has 3 aromatic carbocycles. The van der Waals surface area contributed by atoms with E-state index in [0.29, 0.717) is 5.69 Å². The number of nitrogens with one attached hydrogen (secondary N) is 3. The van der Waals surface area contributed by atoms with Gasteiger partial charge in [0.05, 0.1) is 4.47 Å². The first kappa shape index (κ1) is 16.4. The second-order valence-electron chi connectivity index (χ2n) is 5.88. The molecule has 1 aromatic heterocycles. The zero-order valence-corrected chi connectivity index (χ0v) is 15.4. The van der Waals surface area contributed by atoms with Crippen LogP contribution in [0.3, 0.4) is 0 Å².